The Morgan fingerprint density at radius 1 is 0.970 bits per heavy atom. The van der Waals surface area contributed by atoms with E-state index in [1.54, 1.807) is 60.7 Å². The molecule has 166 valence electrons. The van der Waals surface area contributed by atoms with Crippen molar-refractivity contribution in [2.75, 3.05) is 7.11 Å². The summed E-state index contributed by atoms with van der Waals surface area (Å²) in [5, 5.41) is 19.8. The normalized spacial score (nSPS) is 11.1. The van der Waals surface area contributed by atoms with E-state index in [2.05, 4.69) is 32.8 Å². The van der Waals surface area contributed by atoms with E-state index >= 15 is 0 Å². The van der Waals surface area contributed by atoms with Crippen molar-refractivity contribution in [1.29, 1.82) is 0 Å². The van der Waals surface area contributed by atoms with Gasteiger partial charge in [-0.1, -0.05) is 23.7 Å². The van der Waals surface area contributed by atoms with E-state index < -0.39 is 11.4 Å². The molecule has 0 unspecified atom stereocenters. The van der Waals surface area contributed by atoms with E-state index in [-0.39, 0.29) is 10.5 Å². The predicted octanol–water partition coefficient (Wildman–Crippen LogP) is 6.75. The molecule has 0 amide bonds. The van der Waals surface area contributed by atoms with Crippen molar-refractivity contribution in [2.24, 2.45) is 10.2 Å². The molecule has 1 N–H and O–H groups in total. The summed E-state index contributed by atoms with van der Waals surface area (Å²) in [7, 11) is 1.51. The second-order valence-corrected chi connectivity index (χ2v) is 8.80. The number of halogens is 2. The highest BCUT2D eigenvalue weighted by Crippen LogP contribution is 2.32. The molecule has 0 aliphatic rings. The molecule has 0 atom stereocenters. The lowest BCUT2D eigenvalue weighted by molar-refractivity contribution is 0.402. The van der Waals surface area contributed by atoms with Gasteiger partial charge >= 0.3 is 0 Å². The van der Waals surface area contributed by atoms with Crippen LogP contribution in [0.15, 0.2) is 87.8 Å². The van der Waals surface area contributed by atoms with Crippen molar-refractivity contribution < 1.29 is 9.84 Å². The average Bonchev–Trinajstić information content (AvgIpc) is 2.81. The first-order chi connectivity index (χ1) is 15.9. The van der Waals surface area contributed by atoms with Crippen molar-refractivity contribution >= 4 is 57.8 Å². The molecule has 33 heavy (non-hydrogen) atoms. The summed E-state index contributed by atoms with van der Waals surface area (Å²) in [6.45, 7) is 0. The molecule has 0 aliphatic carbocycles. The number of aromatic nitrogens is 2. The van der Waals surface area contributed by atoms with Gasteiger partial charge in [0.2, 0.25) is 11.6 Å². The minimum atomic E-state index is -0.609. The molecule has 1 heterocycles. The molecular formula is C23H16ClIN4O3S. The van der Waals surface area contributed by atoms with Crippen LogP contribution in [0.3, 0.4) is 0 Å². The molecule has 0 spiro atoms. The third-order valence-electron chi connectivity index (χ3n) is 4.71. The monoisotopic (exact) mass is 590 g/mol. The van der Waals surface area contributed by atoms with Crippen molar-refractivity contribution in [3.05, 3.63) is 96.5 Å². The number of benzene rings is 3. The molecule has 3 aromatic carbocycles. The zero-order valence-electron chi connectivity index (χ0n) is 17.1. The predicted molar refractivity (Wildman–Crippen MR) is 139 cm³/mol. The van der Waals surface area contributed by atoms with Gasteiger partial charge in [0.15, 0.2) is 4.77 Å². The van der Waals surface area contributed by atoms with Crippen LogP contribution >= 0.6 is 46.4 Å². The summed E-state index contributed by atoms with van der Waals surface area (Å²) in [5.41, 5.74) is 0.553. The summed E-state index contributed by atoms with van der Waals surface area (Å²) in [6, 6.07) is 20.9. The van der Waals surface area contributed by atoms with Gasteiger partial charge in [0.05, 0.1) is 24.2 Å². The minimum Gasteiger partial charge on any atom is -0.495 e. The van der Waals surface area contributed by atoms with Crippen LogP contribution in [-0.2, 0) is 0 Å². The van der Waals surface area contributed by atoms with Gasteiger partial charge in [-0.3, -0.25) is 13.9 Å². The second kappa shape index (κ2) is 9.86. The molecule has 0 saturated heterocycles. The van der Waals surface area contributed by atoms with E-state index in [0.717, 1.165) is 3.57 Å². The number of rotatable bonds is 5. The third kappa shape index (κ3) is 4.70. The zero-order valence-corrected chi connectivity index (χ0v) is 20.9. The Morgan fingerprint density at radius 3 is 2.30 bits per heavy atom. The van der Waals surface area contributed by atoms with E-state index in [9.17, 15) is 9.90 Å². The lowest BCUT2D eigenvalue weighted by Crippen LogP contribution is -2.23. The molecule has 0 radical (unpaired) electrons. The Bertz CT molecular complexity index is 1470. The molecule has 1 aromatic heterocycles. The van der Waals surface area contributed by atoms with Gasteiger partial charge in [0, 0.05) is 8.59 Å². The quantitative estimate of drug-likeness (QED) is 0.158. The van der Waals surface area contributed by atoms with Crippen molar-refractivity contribution in [1.82, 2.24) is 9.13 Å². The lowest BCUT2D eigenvalue weighted by atomic mass is 10.2. The van der Waals surface area contributed by atoms with Crippen LogP contribution in [0, 0.1) is 8.34 Å². The van der Waals surface area contributed by atoms with Gasteiger partial charge in [-0.2, -0.15) is 5.11 Å². The third-order valence-corrected chi connectivity index (χ3v) is 6.05. The number of nitrogens with zero attached hydrogens (tertiary/aromatic N) is 4. The first-order valence-electron chi connectivity index (χ1n) is 9.58. The highest BCUT2D eigenvalue weighted by atomic mass is 127. The molecule has 0 saturated carbocycles. The SMILES string of the molecule is COc1ccccc1-n1c(O)c(N=Nc2ccc(Cl)cc2)c(=O)n(-c2ccc(I)cc2)c1=S. The van der Waals surface area contributed by atoms with Crippen LogP contribution in [0.4, 0.5) is 11.4 Å². The molecular weight excluding hydrogens is 575 g/mol. The van der Waals surface area contributed by atoms with Crippen LogP contribution in [0.25, 0.3) is 11.4 Å². The Labute approximate surface area is 212 Å². The van der Waals surface area contributed by atoms with Gasteiger partial charge in [-0.25, -0.2) is 0 Å². The fourth-order valence-electron chi connectivity index (χ4n) is 3.14. The Morgan fingerprint density at radius 2 is 1.64 bits per heavy atom. The van der Waals surface area contributed by atoms with Crippen LogP contribution in [0.1, 0.15) is 0 Å². The second-order valence-electron chi connectivity index (χ2n) is 6.76. The van der Waals surface area contributed by atoms with E-state index in [1.807, 2.05) is 12.1 Å². The molecule has 4 aromatic rings. The number of azo groups is 1. The van der Waals surface area contributed by atoms with Gasteiger partial charge in [-0.05, 0) is 95.5 Å². The zero-order chi connectivity index (χ0) is 23.5. The number of methoxy groups -OCH3 is 1. The number of ether oxygens (including phenoxy) is 1. The number of aromatic hydroxyl groups is 1. The molecule has 7 nitrogen and oxygen atoms in total. The number of hydrogen-bond donors (Lipinski definition) is 1. The number of para-hydroxylation sites is 2. The topological polar surface area (TPSA) is 81.1 Å². The lowest BCUT2D eigenvalue weighted by Gasteiger charge is -2.17. The summed E-state index contributed by atoms with van der Waals surface area (Å²) in [5.74, 6) is 0.00581. The van der Waals surface area contributed by atoms with Gasteiger partial charge in [-0.15, -0.1) is 5.11 Å². The summed E-state index contributed by atoms with van der Waals surface area (Å²) < 4.78 is 9.13. The highest BCUT2D eigenvalue weighted by molar-refractivity contribution is 14.1. The molecule has 0 fully saturated rings. The van der Waals surface area contributed by atoms with E-state index in [0.29, 0.717) is 27.8 Å². The Hall–Kier alpha value is -3.02. The molecule has 4 rings (SSSR count). The molecule has 10 heteroatoms. The fourth-order valence-corrected chi connectivity index (χ4v) is 4.00. The highest BCUT2D eigenvalue weighted by Gasteiger charge is 2.21. The van der Waals surface area contributed by atoms with Crippen LogP contribution in [0.5, 0.6) is 11.6 Å². The van der Waals surface area contributed by atoms with Gasteiger partial charge in [0.1, 0.15) is 5.75 Å². The van der Waals surface area contributed by atoms with Crippen molar-refractivity contribution in [3.63, 3.8) is 0 Å². The Balaban J connectivity index is 2.02. The average molecular weight is 591 g/mol. The summed E-state index contributed by atoms with van der Waals surface area (Å²) in [6.07, 6.45) is 0. The molecule has 0 bridgehead atoms. The van der Waals surface area contributed by atoms with E-state index in [1.165, 1.54) is 16.2 Å². The van der Waals surface area contributed by atoms with Gasteiger partial charge in [0.25, 0.3) is 5.56 Å². The summed E-state index contributed by atoms with van der Waals surface area (Å²) in [4.78, 5) is 13.4. The summed E-state index contributed by atoms with van der Waals surface area (Å²) >= 11 is 13.7. The van der Waals surface area contributed by atoms with Crippen LogP contribution < -0.4 is 10.3 Å². The Kier molecular flexibility index (Phi) is 6.91. The van der Waals surface area contributed by atoms with Crippen molar-refractivity contribution in [3.8, 4) is 23.0 Å². The largest absolute Gasteiger partial charge is 0.495 e. The molecule has 0 aliphatic heterocycles. The van der Waals surface area contributed by atoms with Crippen LogP contribution in [-0.4, -0.2) is 21.4 Å². The minimum absolute atomic E-state index is 0.0497. The number of hydrogen-bond acceptors (Lipinski definition) is 6. The maximum absolute atomic E-state index is 13.4. The van der Waals surface area contributed by atoms with Gasteiger partial charge < -0.3 is 9.84 Å². The first kappa shape index (κ1) is 23.1. The van der Waals surface area contributed by atoms with Crippen molar-refractivity contribution in [2.45, 2.75) is 0 Å². The van der Waals surface area contributed by atoms with E-state index in [4.69, 9.17) is 28.6 Å². The standard InChI is InChI=1S/C23H16ClIN4O3S/c1-32-19-5-3-2-4-18(19)29-22(31)20(27-26-16-10-6-14(24)7-11-16)21(30)28(23(29)33)17-12-8-15(25)9-13-17/h2-13,31H,1H3. The smallest absolute Gasteiger partial charge is 0.290 e. The fraction of sp³-hybridized carbons (Fsp3) is 0.0435. The first-order valence-corrected chi connectivity index (χ1v) is 11.4. The van der Waals surface area contributed by atoms with Crippen LogP contribution in [0.2, 0.25) is 5.02 Å². The maximum Gasteiger partial charge on any atom is 0.290 e. The maximum atomic E-state index is 13.4.